The molecule has 1 heterocycles. The molecule has 142 valence electrons. The molecule has 0 bridgehead atoms. The molecule has 0 aromatic rings. The van der Waals surface area contributed by atoms with Gasteiger partial charge in [-0.15, -0.1) is 0 Å². The van der Waals surface area contributed by atoms with Crippen LogP contribution in [0.3, 0.4) is 0 Å². The number of carboxylic acid groups (broad SMARTS) is 3. The first-order valence-corrected chi connectivity index (χ1v) is 6.37. The molecular formula is C12H16O13. The van der Waals surface area contributed by atoms with Crippen molar-refractivity contribution in [3.63, 3.8) is 0 Å². The predicted molar refractivity (Wildman–Crippen MR) is 72.3 cm³/mol. The summed E-state index contributed by atoms with van der Waals surface area (Å²) in [6.45, 7) is -0.671. The van der Waals surface area contributed by atoms with Gasteiger partial charge in [-0.3, -0.25) is 9.59 Å². The second kappa shape index (κ2) is 8.81. The van der Waals surface area contributed by atoms with Gasteiger partial charge in [0.25, 0.3) is 0 Å². The van der Waals surface area contributed by atoms with Gasteiger partial charge < -0.3 is 45.6 Å². The highest BCUT2D eigenvalue weighted by molar-refractivity contribution is 5.89. The van der Waals surface area contributed by atoms with E-state index in [4.69, 9.17) is 40.9 Å². The molecule has 0 aromatic carbocycles. The van der Waals surface area contributed by atoms with Crippen molar-refractivity contribution in [3.8, 4) is 0 Å². The minimum Gasteiger partial charge on any atom is -0.505 e. The summed E-state index contributed by atoms with van der Waals surface area (Å²) in [6, 6.07) is 0. The molecule has 13 heteroatoms. The van der Waals surface area contributed by atoms with Gasteiger partial charge in [0.1, 0.15) is 6.10 Å². The molecule has 0 fully saturated rings. The van der Waals surface area contributed by atoms with Gasteiger partial charge in [0.15, 0.2) is 17.5 Å². The van der Waals surface area contributed by atoms with Crippen LogP contribution in [0.2, 0.25) is 0 Å². The molecular weight excluding hydrogens is 352 g/mol. The van der Waals surface area contributed by atoms with E-state index in [1.807, 2.05) is 0 Å². The summed E-state index contributed by atoms with van der Waals surface area (Å²) >= 11 is 0. The largest absolute Gasteiger partial charge is 0.505 e. The zero-order valence-corrected chi connectivity index (χ0v) is 12.4. The van der Waals surface area contributed by atoms with Gasteiger partial charge in [0, 0.05) is 0 Å². The summed E-state index contributed by atoms with van der Waals surface area (Å²) in [7, 11) is 0. The fourth-order valence-electron chi connectivity index (χ4n) is 1.54. The highest BCUT2D eigenvalue weighted by Gasteiger charge is 2.41. The number of aliphatic carboxylic acids is 3. The lowest BCUT2D eigenvalue weighted by Gasteiger charge is -2.18. The normalized spacial score (nSPS) is 18.0. The molecule has 1 aliphatic heterocycles. The number of ether oxygens (including phenoxy) is 1. The molecule has 0 saturated heterocycles. The quantitative estimate of drug-likeness (QED) is 0.214. The summed E-state index contributed by atoms with van der Waals surface area (Å²) in [6.07, 6.45) is -5.07. The van der Waals surface area contributed by atoms with Crippen LogP contribution in [-0.4, -0.2) is 89.1 Å². The fraction of sp³-hybridized carbons (Fsp3) is 0.500. The summed E-state index contributed by atoms with van der Waals surface area (Å²) < 4.78 is 4.32. The van der Waals surface area contributed by atoms with Crippen LogP contribution in [0.5, 0.6) is 0 Å². The first kappa shape index (κ1) is 22.1. The van der Waals surface area contributed by atoms with Crippen molar-refractivity contribution >= 4 is 23.9 Å². The van der Waals surface area contributed by atoms with E-state index in [1.165, 1.54) is 0 Å². The molecule has 8 N–H and O–H groups in total. The Bertz CT molecular complexity index is 562. The average Bonchev–Trinajstić information content (AvgIpc) is 2.73. The summed E-state index contributed by atoms with van der Waals surface area (Å²) in [4.78, 5) is 41.0. The number of hydrogen-bond acceptors (Lipinski definition) is 10. The summed E-state index contributed by atoms with van der Waals surface area (Å²) in [5.74, 6) is -7.80. The number of esters is 1. The Morgan fingerprint density at radius 2 is 1.52 bits per heavy atom. The Balaban J connectivity index is 0.000000462. The lowest BCUT2D eigenvalue weighted by Crippen LogP contribution is -2.42. The van der Waals surface area contributed by atoms with E-state index in [9.17, 15) is 19.2 Å². The van der Waals surface area contributed by atoms with Crippen molar-refractivity contribution in [2.45, 2.75) is 30.7 Å². The molecule has 1 aliphatic rings. The summed E-state index contributed by atoms with van der Waals surface area (Å²) in [5.41, 5.74) is -2.74. The van der Waals surface area contributed by atoms with Crippen molar-refractivity contribution in [3.05, 3.63) is 11.5 Å². The maximum Gasteiger partial charge on any atom is 0.377 e. The molecule has 13 nitrogen and oxygen atoms in total. The molecule has 0 radical (unpaired) electrons. The first-order valence-electron chi connectivity index (χ1n) is 6.37. The van der Waals surface area contributed by atoms with Crippen molar-refractivity contribution < 1.29 is 64.8 Å². The second-order valence-corrected chi connectivity index (χ2v) is 4.79. The molecule has 0 spiro atoms. The van der Waals surface area contributed by atoms with Crippen LogP contribution in [0.25, 0.3) is 0 Å². The van der Waals surface area contributed by atoms with Gasteiger partial charge in [-0.2, -0.15) is 0 Å². The van der Waals surface area contributed by atoms with E-state index in [0.29, 0.717) is 0 Å². The van der Waals surface area contributed by atoms with Gasteiger partial charge in [-0.25, -0.2) is 9.59 Å². The standard InChI is InChI=1S/C6H8O7.C6H8O6/c7-3(8)1-6(13,5(11)12)2-4(9)10;7-1-2(8)5-3(9)4(10)6(11)12-5/h13H,1-2H2,(H,7,8)(H,9,10)(H,11,12);2,5,7-10H,1H2/t;2?,5-/m.1/s1. The molecule has 2 atom stereocenters. The second-order valence-electron chi connectivity index (χ2n) is 4.79. The van der Waals surface area contributed by atoms with E-state index in [1.54, 1.807) is 0 Å². The number of rotatable bonds is 7. The third-order valence-electron chi connectivity index (χ3n) is 2.76. The molecule has 1 unspecified atom stereocenters. The highest BCUT2D eigenvalue weighted by atomic mass is 16.6. The van der Waals surface area contributed by atoms with Crippen LogP contribution in [0.4, 0.5) is 0 Å². The van der Waals surface area contributed by atoms with Gasteiger partial charge in [-0.05, 0) is 0 Å². The molecule has 25 heavy (non-hydrogen) atoms. The van der Waals surface area contributed by atoms with Crippen LogP contribution >= 0.6 is 0 Å². The van der Waals surface area contributed by atoms with Crippen LogP contribution < -0.4 is 0 Å². The van der Waals surface area contributed by atoms with Gasteiger partial charge >= 0.3 is 23.9 Å². The van der Waals surface area contributed by atoms with Crippen LogP contribution in [0, 0.1) is 0 Å². The number of carbonyl (C=O) groups excluding carboxylic acids is 1. The van der Waals surface area contributed by atoms with E-state index in [2.05, 4.69) is 4.74 Å². The SMILES string of the molecule is O=C(O)CC(O)(CC(=O)O)C(=O)O.O=C1O[C@H](C(O)CO)C(O)=C1O. The Hall–Kier alpha value is -2.90. The Morgan fingerprint density at radius 1 is 1.08 bits per heavy atom. The van der Waals surface area contributed by atoms with Gasteiger partial charge in [0.05, 0.1) is 19.4 Å². The molecule has 1 rings (SSSR count). The molecule has 0 aromatic heterocycles. The van der Waals surface area contributed by atoms with Crippen LogP contribution in [-0.2, 0) is 23.9 Å². The summed E-state index contributed by atoms with van der Waals surface area (Å²) in [5, 5.41) is 68.9. The Kier molecular flexibility index (Phi) is 7.79. The van der Waals surface area contributed by atoms with Crippen molar-refractivity contribution in [2.75, 3.05) is 6.61 Å². The molecule has 0 saturated carbocycles. The fourth-order valence-corrected chi connectivity index (χ4v) is 1.54. The van der Waals surface area contributed by atoms with Crippen LogP contribution in [0.15, 0.2) is 11.5 Å². The lowest BCUT2D eigenvalue weighted by atomic mass is 9.96. The number of aliphatic hydroxyl groups is 5. The van der Waals surface area contributed by atoms with Crippen molar-refractivity contribution in [1.82, 2.24) is 0 Å². The smallest absolute Gasteiger partial charge is 0.377 e. The lowest BCUT2D eigenvalue weighted by molar-refractivity contribution is -0.170. The minimum atomic E-state index is -2.74. The number of cyclic esters (lactones) is 1. The van der Waals surface area contributed by atoms with E-state index < -0.39 is 72.7 Å². The third kappa shape index (κ3) is 6.25. The van der Waals surface area contributed by atoms with Crippen molar-refractivity contribution in [2.24, 2.45) is 0 Å². The van der Waals surface area contributed by atoms with E-state index >= 15 is 0 Å². The van der Waals surface area contributed by atoms with Gasteiger partial charge in [-0.1, -0.05) is 0 Å². The average molecular weight is 368 g/mol. The molecule has 0 aliphatic carbocycles. The first-order chi connectivity index (χ1) is 11.4. The zero-order valence-electron chi connectivity index (χ0n) is 12.4. The monoisotopic (exact) mass is 368 g/mol. The maximum atomic E-state index is 10.5. The zero-order chi connectivity index (χ0) is 19.9. The maximum absolute atomic E-state index is 10.5. The third-order valence-corrected chi connectivity index (χ3v) is 2.76. The topological polar surface area (TPSA) is 239 Å². The highest BCUT2D eigenvalue weighted by Crippen LogP contribution is 2.20. The number of hydrogen-bond donors (Lipinski definition) is 8. The number of carboxylic acids is 3. The Morgan fingerprint density at radius 3 is 1.76 bits per heavy atom. The number of aliphatic hydroxyl groups excluding tert-OH is 4. The number of carbonyl (C=O) groups is 4. The predicted octanol–water partition coefficient (Wildman–Crippen LogP) is -2.66. The van der Waals surface area contributed by atoms with Crippen LogP contribution in [0.1, 0.15) is 12.8 Å². The molecule has 0 amide bonds. The van der Waals surface area contributed by atoms with E-state index in [-0.39, 0.29) is 0 Å². The van der Waals surface area contributed by atoms with E-state index in [0.717, 1.165) is 0 Å². The Labute approximate surface area is 138 Å². The van der Waals surface area contributed by atoms with Crippen molar-refractivity contribution in [1.29, 1.82) is 0 Å². The van der Waals surface area contributed by atoms with Gasteiger partial charge in [0.2, 0.25) is 5.76 Å². The minimum absolute atomic E-state index is 0.671.